The minimum absolute atomic E-state index is 0.734. The summed E-state index contributed by atoms with van der Waals surface area (Å²) in [6.07, 6.45) is 7.44. The molecule has 20 heavy (non-hydrogen) atoms. The van der Waals surface area contributed by atoms with Crippen molar-refractivity contribution in [1.82, 2.24) is 15.0 Å². The Morgan fingerprint density at radius 2 is 2.15 bits per heavy atom. The molecule has 0 aromatic carbocycles. The first-order chi connectivity index (χ1) is 9.75. The molecule has 2 N–H and O–H groups in total. The lowest BCUT2D eigenvalue weighted by molar-refractivity contribution is 1.09. The number of anilines is 2. The van der Waals surface area contributed by atoms with Crippen molar-refractivity contribution in [3.05, 3.63) is 48.5 Å². The van der Waals surface area contributed by atoms with Gasteiger partial charge in [0.15, 0.2) is 0 Å². The van der Waals surface area contributed by atoms with E-state index in [0.29, 0.717) is 0 Å². The Morgan fingerprint density at radius 3 is 3.00 bits per heavy atom. The predicted octanol–water partition coefficient (Wildman–Crippen LogP) is 2.64. The highest BCUT2D eigenvalue weighted by molar-refractivity contribution is 5.80. The molecule has 3 aromatic heterocycles. The number of pyridine rings is 2. The monoisotopic (exact) mass is 267 g/mol. The Kier molecular flexibility index (Phi) is 3.25. The summed E-state index contributed by atoms with van der Waals surface area (Å²) in [5.41, 5.74) is 4.26. The van der Waals surface area contributed by atoms with Crippen LogP contribution >= 0.6 is 0 Å². The zero-order valence-corrected chi connectivity index (χ0v) is 11.6. The number of aromatic amines is 1. The summed E-state index contributed by atoms with van der Waals surface area (Å²) >= 11 is 0. The molecule has 0 saturated heterocycles. The van der Waals surface area contributed by atoms with Gasteiger partial charge in [0.05, 0.1) is 17.6 Å². The lowest BCUT2D eigenvalue weighted by Crippen LogP contribution is -2.12. The number of hydrogen-bond acceptors (Lipinski definition) is 4. The van der Waals surface area contributed by atoms with Crippen molar-refractivity contribution >= 4 is 22.4 Å². The minimum Gasteiger partial charge on any atom is -0.378 e. The van der Waals surface area contributed by atoms with Gasteiger partial charge >= 0.3 is 0 Å². The molecule has 0 atom stereocenters. The van der Waals surface area contributed by atoms with E-state index >= 15 is 0 Å². The molecule has 0 amide bonds. The van der Waals surface area contributed by atoms with Crippen LogP contribution in [-0.2, 0) is 6.54 Å². The van der Waals surface area contributed by atoms with Gasteiger partial charge in [-0.2, -0.15) is 0 Å². The van der Waals surface area contributed by atoms with Gasteiger partial charge in [-0.05, 0) is 23.8 Å². The van der Waals surface area contributed by atoms with E-state index in [2.05, 4.69) is 31.2 Å². The molecule has 3 rings (SSSR count). The van der Waals surface area contributed by atoms with Crippen molar-refractivity contribution in [2.45, 2.75) is 6.54 Å². The highest BCUT2D eigenvalue weighted by Crippen LogP contribution is 2.24. The number of H-pyrrole nitrogens is 1. The largest absolute Gasteiger partial charge is 0.378 e. The summed E-state index contributed by atoms with van der Waals surface area (Å²) in [4.78, 5) is 13.7. The minimum atomic E-state index is 0.734. The Labute approximate surface area is 117 Å². The Morgan fingerprint density at radius 1 is 1.25 bits per heavy atom. The van der Waals surface area contributed by atoms with Crippen molar-refractivity contribution in [3.8, 4) is 0 Å². The molecule has 0 unspecified atom stereocenters. The van der Waals surface area contributed by atoms with Crippen LogP contribution in [0.3, 0.4) is 0 Å². The number of hydrogen-bond donors (Lipinski definition) is 2. The predicted molar refractivity (Wildman–Crippen MR) is 82.0 cm³/mol. The highest BCUT2D eigenvalue weighted by atomic mass is 15.1. The topological polar surface area (TPSA) is 56.8 Å². The second-order valence-corrected chi connectivity index (χ2v) is 4.85. The zero-order chi connectivity index (χ0) is 13.9. The summed E-state index contributed by atoms with van der Waals surface area (Å²) in [6.45, 7) is 0.734. The first kappa shape index (κ1) is 12.5. The maximum Gasteiger partial charge on any atom is 0.137 e. The Bertz CT molecular complexity index is 717. The molecule has 5 nitrogen and oxygen atoms in total. The van der Waals surface area contributed by atoms with Crippen molar-refractivity contribution in [1.29, 1.82) is 0 Å². The van der Waals surface area contributed by atoms with Gasteiger partial charge in [0, 0.05) is 44.6 Å². The third-order valence-corrected chi connectivity index (χ3v) is 3.29. The van der Waals surface area contributed by atoms with Crippen LogP contribution < -0.4 is 10.2 Å². The van der Waals surface area contributed by atoms with Gasteiger partial charge in [0.1, 0.15) is 5.65 Å². The van der Waals surface area contributed by atoms with Crippen molar-refractivity contribution in [2.24, 2.45) is 0 Å². The van der Waals surface area contributed by atoms with Gasteiger partial charge in [-0.15, -0.1) is 0 Å². The van der Waals surface area contributed by atoms with Crippen molar-refractivity contribution in [2.75, 3.05) is 24.3 Å². The average Bonchev–Trinajstić information content (AvgIpc) is 2.88. The standard InChI is InChI=1S/C15H17N5/c1-20(2)14-5-7-16-10-13(14)18-8-11-9-19-15-12(11)4-3-6-17-15/h3-7,9-10,18H,8H2,1-2H3,(H,17,19). The normalized spacial score (nSPS) is 10.7. The molecular weight excluding hydrogens is 250 g/mol. The van der Waals surface area contributed by atoms with Crippen LogP contribution in [0.5, 0.6) is 0 Å². The number of rotatable bonds is 4. The molecule has 5 heteroatoms. The highest BCUT2D eigenvalue weighted by Gasteiger charge is 2.06. The molecule has 3 aromatic rings. The average molecular weight is 267 g/mol. The lowest BCUT2D eigenvalue weighted by Gasteiger charge is -2.17. The number of nitrogens with zero attached hydrogens (tertiary/aromatic N) is 3. The van der Waals surface area contributed by atoms with Gasteiger partial charge in [-0.3, -0.25) is 4.98 Å². The maximum absolute atomic E-state index is 4.30. The third kappa shape index (κ3) is 2.30. The van der Waals surface area contributed by atoms with Gasteiger partial charge in [0.2, 0.25) is 0 Å². The molecule has 3 heterocycles. The summed E-state index contributed by atoms with van der Waals surface area (Å²) < 4.78 is 0. The van der Waals surface area contributed by atoms with E-state index in [0.717, 1.165) is 29.0 Å². The van der Waals surface area contributed by atoms with Crippen LogP contribution in [0.4, 0.5) is 11.4 Å². The van der Waals surface area contributed by atoms with E-state index in [-0.39, 0.29) is 0 Å². The molecule has 0 aliphatic carbocycles. The summed E-state index contributed by atoms with van der Waals surface area (Å²) in [6, 6.07) is 6.03. The smallest absolute Gasteiger partial charge is 0.137 e. The fraction of sp³-hybridized carbons (Fsp3) is 0.200. The van der Waals surface area contributed by atoms with Gasteiger partial charge in [0.25, 0.3) is 0 Å². The van der Waals surface area contributed by atoms with Gasteiger partial charge < -0.3 is 15.2 Å². The van der Waals surface area contributed by atoms with Crippen molar-refractivity contribution < 1.29 is 0 Å². The van der Waals surface area contributed by atoms with Crippen LogP contribution in [0, 0.1) is 0 Å². The Hall–Kier alpha value is -2.56. The molecule has 0 saturated carbocycles. The third-order valence-electron chi connectivity index (χ3n) is 3.29. The van der Waals surface area contributed by atoms with Crippen molar-refractivity contribution in [3.63, 3.8) is 0 Å². The first-order valence-corrected chi connectivity index (χ1v) is 6.52. The summed E-state index contributed by atoms with van der Waals surface area (Å²) in [5.74, 6) is 0. The van der Waals surface area contributed by atoms with E-state index in [1.54, 1.807) is 12.4 Å². The van der Waals surface area contributed by atoms with E-state index in [1.165, 1.54) is 5.56 Å². The maximum atomic E-state index is 4.30. The molecule has 0 aliphatic rings. The van der Waals surface area contributed by atoms with E-state index < -0.39 is 0 Å². The lowest BCUT2D eigenvalue weighted by atomic mass is 10.2. The fourth-order valence-electron chi connectivity index (χ4n) is 2.26. The van der Waals surface area contributed by atoms with Crippen LogP contribution in [-0.4, -0.2) is 29.0 Å². The summed E-state index contributed by atoms with van der Waals surface area (Å²) in [5, 5.41) is 4.59. The number of aromatic nitrogens is 3. The molecule has 0 fully saturated rings. The number of fused-ring (bicyclic) bond motifs is 1. The van der Waals surface area contributed by atoms with E-state index in [4.69, 9.17) is 0 Å². The van der Waals surface area contributed by atoms with Crippen LogP contribution in [0.2, 0.25) is 0 Å². The van der Waals surface area contributed by atoms with Gasteiger partial charge in [-0.25, -0.2) is 4.98 Å². The second kappa shape index (κ2) is 5.21. The van der Waals surface area contributed by atoms with E-state index in [1.807, 2.05) is 38.6 Å². The molecule has 0 radical (unpaired) electrons. The molecule has 0 spiro atoms. The second-order valence-electron chi connectivity index (χ2n) is 4.85. The summed E-state index contributed by atoms with van der Waals surface area (Å²) in [7, 11) is 4.05. The van der Waals surface area contributed by atoms with Crippen LogP contribution in [0.25, 0.3) is 11.0 Å². The quantitative estimate of drug-likeness (QED) is 0.763. The zero-order valence-electron chi connectivity index (χ0n) is 11.6. The van der Waals surface area contributed by atoms with Crippen LogP contribution in [0.15, 0.2) is 43.0 Å². The molecular formula is C15H17N5. The molecule has 0 aliphatic heterocycles. The SMILES string of the molecule is CN(C)c1ccncc1NCc1c[nH]c2ncccc12. The van der Waals surface area contributed by atoms with E-state index in [9.17, 15) is 0 Å². The molecule has 102 valence electrons. The van der Waals surface area contributed by atoms with Gasteiger partial charge in [-0.1, -0.05) is 0 Å². The fourth-order valence-corrected chi connectivity index (χ4v) is 2.26. The van der Waals surface area contributed by atoms with Crippen LogP contribution in [0.1, 0.15) is 5.56 Å². The Balaban J connectivity index is 1.83. The first-order valence-electron chi connectivity index (χ1n) is 6.52. The molecule has 0 bridgehead atoms. The number of nitrogens with one attached hydrogen (secondary N) is 2.